The SMILES string of the molecule is COc1cc(NCCNC(=O)CC(C)N)cc(OC)c1.Cl. The van der Waals surface area contributed by atoms with Gasteiger partial charge in [0.05, 0.1) is 14.2 Å². The molecule has 1 aromatic carbocycles. The van der Waals surface area contributed by atoms with E-state index in [9.17, 15) is 4.79 Å². The Hall–Kier alpha value is -1.66. The Labute approximate surface area is 131 Å². The summed E-state index contributed by atoms with van der Waals surface area (Å²) in [7, 11) is 3.21. The van der Waals surface area contributed by atoms with Crippen molar-refractivity contribution in [3.05, 3.63) is 18.2 Å². The van der Waals surface area contributed by atoms with Crippen LogP contribution in [0.5, 0.6) is 11.5 Å². The van der Waals surface area contributed by atoms with Gasteiger partial charge in [0, 0.05) is 49.4 Å². The van der Waals surface area contributed by atoms with E-state index in [1.165, 1.54) is 0 Å². The lowest BCUT2D eigenvalue weighted by Gasteiger charge is -2.11. The van der Waals surface area contributed by atoms with Gasteiger partial charge in [0.1, 0.15) is 11.5 Å². The largest absolute Gasteiger partial charge is 0.497 e. The Morgan fingerprint density at radius 3 is 2.24 bits per heavy atom. The number of nitrogens with two attached hydrogens (primary N) is 1. The number of nitrogens with one attached hydrogen (secondary N) is 2. The highest BCUT2D eigenvalue weighted by Gasteiger charge is 2.04. The summed E-state index contributed by atoms with van der Waals surface area (Å²) in [5, 5.41) is 5.99. The number of halogens is 1. The standard InChI is InChI=1S/C14H23N3O3.ClH/c1-10(15)6-14(18)17-5-4-16-11-7-12(19-2)9-13(8-11)20-3;/h7-10,16H,4-6,15H2,1-3H3,(H,17,18);1H. The van der Waals surface area contributed by atoms with Crippen molar-refractivity contribution in [2.75, 3.05) is 32.6 Å². The molecule has 6 nitrogen and oxygen atoms in total. The van der Waals surface area contributed by atoms with Gasteiger partial charge in [-0.1, -0.05) is 0 Å². The van der Waals surface area contributed by atoms with Gasteiger partial charge in [0.2, 0.25) is 5.91 Å². The molecular formula is C14H24ClN3O3. The van der Waals surface area contributed by atoms with Crippen LogP contribution in [-0.4, -0.2) is 39.3 Å². The van der Waals surface area contributed by atoms with Crippen molar-refractivity contribution in [3.63, 3.8) is 0 Å². The van der Waals surface area contributed by atoms with Crippen molar-refractivity contribution >= 4 is 24.0 Å². The predicted molar refractivity (Wildman–Crippen MR) is 86.6 cm³/mol. The van der Waals surface area contributed by atoms with Gasteiger partial charge in [0.25, 0.3) is 0 Å². The van der Waals surface area contributed by atoms with Crippen molar-refractivity contribution in [2.45, 2.75) is 19.4 Å². The van der Waals surface area contributed by atoms with Crippen LogP contribution in [0.15, 0.2) is 18.2 Å². The number of hydrogen-bond donors (Lipinski definition) is 3. The van der Waals surface area contributed by atoms with Gasteiger partial charge >= 0.3 is 0 Å². The summed E-state index contributed by atoms with van der Waals surface area (Å²) in [5.41, 5.74) is 6.43. The summed E-state index contributed by atoms with van der Waals surface area (Å²) >= 11 is 0. The molecule has 0 bridgehead atoms. The minimum Gasteiger partial charge on any atom is -0.497 e. The lowest BCUT2D eigenvalue weighted by atomic mass is 10.2. The predicted octanol–water partition coefficient (Wildman–Crippen LogP) is 1.39. The number of ether oxygens (including phenoxy) is 2. The maximum absolute atomic E-state index is 11.4. The molecule has 0 radical (unpaired) electrons. The smallest absolute Gasteiger partial charge is 0.221 e. The van der Waals surface area contributed by atoms with Crippen molar-refractivity contribution in [1.82, 2.24) is 5.32 Å². The van der Waals surface area contributed by atoms with Crippen LogP contribution < -0.4 is 25.8 Å². The normalized spacial score (nSPS) is 11.0. The number of hydrogen-bond acceptors (Lipinski definition) is 5. The number of amides is 1. The molecule has 0 fully saturated rings. The second-order valence-corrected chi connectivity index (χ2v) is 4.56. The van der Waals surface area contributed by atoms with Crippen molar-refractivity contribution < 1.29 is 14.3 Å². The fourth-order valence-corrected chi connectivity index (χ4v) is 1.68. The first-order valence-electron chi connectivity index (χ1n) is 6.54. The van der Waals surface area contributed by atoms with Gasteiger partial charge in [-0.15, -0.1) is 12.4 Å². The van der Waals surface area contributed by atoms with E-state index in [2.05, 4.69) is 10.6 Å². The third kappa shape index (κ3) is 7.63. The van der Waals surface area contributed by atoms with Gasteiger partial charge in [-0.3, -0.25) is 4.79 Å². The number of benzene rings is 1. The number of carbonyl (C=O) groups excluding carboxylic acids is 1. The molecule has 1 aromatic rings. The first kappa shape index (κ1) is 19.3. The zero-order valence-corrected chi connectivity index (χ0v) is 13.5. The van der Waals surface area contributed by atoms with E-state index in [4.69, 9.17) is 15.2 Å². The molecule has 0 saturated heterocycles. The lowest BCUT2D eigenvalue weighted by Crippen LogP contribution is -2.32. The molecule has 7 heteroatoms. The molecule has 0 saturated carbocycles. The Morgan fingerprint density at radius 2 is 1.76 bits per heavy atom. The third-order valence-electron chi connectivity index (χ3n) is 2.64. The second-order valence-electron chi connectivity index (χ2n) is 4.56. The van der Waals surface area contributed by atoms with E-state index < -0.39 is 0 Å². The third-order valence-corrected chi connectivity index (χ3v) is 2.64. The Kier molecular flexibility index (Phi) is 9.32. The van der Waals surface area contributed by atoms with Crippen LogP contribution in [-0.2, 0) is 4.79 Å². The van der Waals surface area contributed by atoms with Gasteiger partial charge in [0.15, 0.2) is 0 Å². The maximum Gasteiger partial charge on any atom is 0.221 e. The molecule has 0 aromatic heterocycles. The second kappa shape index (κ2) is 10.1. The van der Waals surface area contributed by atoms with Gasteiger partial charge in [-0.05, 0) is 6.92 Å². The summed E-state index contributed by atoms with van der Waals surface area (Å²) < 4.78 is 10.4. The number of carbonyl (C=O) groups is 1. The van der Waals surface area contributed by atoms with Crippen LogP contribution in [0.2, 0.25) is 0 Å². The van der Waals surface area contributed by atoms with Crippen molar-refractivity contribution in [2.24, 2.45) is 5.73 Å². The Morgan fingerprint density at radius 1 is 1.19 bits per heavy atom. The van der Waals surface area contributed by atoms with E-state index in [-0.39, 0.29) is 24.4 Å². The highest BCUT2D eigenvalue weighted by atomic mass is 35.5. The number of rotatable bonds is 8. The first-order chi connectivity index (χ1) is 9.55. The van der Waals surface area contributed by atoms with E-state index >= 15 is 0 Å². The fraction of sp³-hybridized carbons (Fsp3) is 0.500. The number of anilines is 1. The molecule has 1 amide bonds. The lowest BCUT2D eigenvalue weighted by molar-refractivity contribution is -0.121. The van der Waals surface area contributed by atoms with E-state index in [1.807, 2.05) is 12.1 Å². The fourth-order valence-electron chi connectivity index (χ4n) is 1.68. The Bertz CT molecular complexity index is 419. The summed E-state index contributed by atoms with van der Waals surface area (Å²) in [6.45, 7) is 2.95. The van der Waals surface area contributed by atoms with Crippen LogP contribution in [0.25, 0.3) is 0 Å². The highest BCUT2D eigenvalue weighted by molar-refractivity contribution is 5.85. The zero-order chi connectivity index (χ0) is 15.0. The van der Waals surface area contributed by atoms with Crippen molar-refractivity contribution in [1.29, 1.82) is 0 Å². The molecular weight excluding hydrogens is 294 g/mol. The number of methoxy groups -OCH3 is 2. The molecule has 1 unspecified atom stereocenters. The molecule has 0 aliphatic carbocycles. The summed E-state index contributed by atoms with van der Waals surface area (Å²) in [5.74, 6) is 1.39. The van der Waals surface area contributed by atoms with E-state index in [0.717, 1.165) is 5.69 Å². The van der Waals surface area contributed by atoms with Crippen LogP contribution in [0.1, 0.15) is 13.3 Å². The zero-order valence-electron chi connectivity index (χ0n) is 12.6. The van der Waals surface area contributed by atoms with Gasteiger partial charge < -0.3 is 25.8 Å². The molecule has 4 N–H and O–H groups in total. The average molecular weight is 318 g/mol. The molecule has 0 aliphatic rings. The molecule has 21 heavy (non-hydrogen) atoms. The highest BCUT2D eigenvalue weighted by Crippen LogP contribution is 2.25. The van der Waals surface area contributed by atoms with E-state index in [0.29, 0.717) is 31.0 Å². The molecule has 1 rings (SSSR count). The summed E-state index contributed by atoms with van der Waals surface area (Å²) in [6.07, 6.45) is 0.340. The van der Waals surface area contributed by atoms with Crippen LogP contribution >= 0.6 is 12.4 Å². The molecule has 1 atom stereocenters. The summed E-state index contributed by atoms with van der Waals surface area (Å²) in [6, 6.07) is 5.42. The average Bonchev–Trinajstić information content (AvgIpc) is 2.42. The van der Waals surface area contributed by atoms with Crippen LogP contribution in [0.3, 0.4) is 0 Å². The quantitative estimate of drug-likeness (QED) is 0.631. The van der Waals surface area contributed by atoms with E-state index in [1.54, 1.807) is 27.2 Å². The molecule has 0 spiro atoms. The maximum atomic E-state index is 11.4. The Balaban J connectivity index is 0.00000400. The van der Waals surface area contributed by atoms with Gasteiger partial charge in [-0.2, -0.15) is 0 Å². The monoisotopic (exact) mass is 317 g/mol. The summed E-state index contributed by atoms with van der Waals surface area (Å²) in [4.78, 5) is 11.4. The minimum absolute atomic E-state index is 0. The molecule has 0 heterocycles. The first-order valence-corrected chi connectivity index (χ1v) is 6.54. The topological polar surface area (TPSA) is 85.6 Å². The van der Waals surface area contributed by atoms with Crippen LogP contribution in [0.4, 0.5) is 5.69 Å². The molecule has 0 aliphatic heterocycles. The molecule has 120 valence electrons. The minimum atomic E-state index is -0.120. The van der Waals surface area contributed by atoms with Crippen molar-refractivity contribution in [3.8, 4) is 11.5 Å². The van der Waals surface area contributed by atoms with Crippen LogP contribution in [0, 0.1) is 0 Å². The van der Waals surface area contributed by atoms with Gasteiger partial charge in [-0.25, -0.2) is 0 Å².